The van der Waals surface area contributed by atoms with Crippen LogP contribution in [0.15, 0.2) is 35.4 Å². The van der Waals surface area contributed by atoms with E-state index in [0.29, 0.717) is 5.75 Å². The highest BCUT2D eigenvalue weighted by Crippen LogP contribution is 2.35. The van der Waals surface area contributed by atoms with Crippen LogP contribution < -0.4 is 0 Å². The van der Waals surface area contributed by atoms with Crippen molar-refractivity contribution in [3.8, 4) is 0 Å². The van der Waals surface area contributed by atoms with Crippen molar-refractivity contribution < 1.29 is 4.79 Å². The molecule has 136 valence electrons. The van der Waals surface area contributed by atoms with Gasteiger partial charge in [0.1, 0.15) is 15.7 Å². The first-order chi connectivity index (χ1) is 12.4. The summed E-state index contributed by atoms with van der Waals surface area (Å²) in [6.45, 7) is 8.16. The van der Waals surface area contributed by atoms with Gasteiger partial charge in [0.05, 0.1) is 11.8 Å². The lowest BCUT2D eigenvalue weighted by Crippen LogP contribution is -2.31. The molecule has 0 unspecified atom stereocenters. The molecule has 0 saturated carbocycles. The summed E-state index contributed by atoms with van der Waals surface area (Å²) in [6, 6.07) is 10.1. The van der Waals surface area contributed by atoms with Crippen molar-refractivity contribution in [3.63, 3.8) is 0 Å². The van der Waals surface area contributed by atoms with E-state index in [4.69, 9.17) is 0 Å². The summed E-state index contributed by atoms with van der Waals surface area (Å²) >= 11 is 3.19. The Labute approximate surface area is 162 Å². The van der Waals surface area contributed by atoms with Gasteiger partial charge < -0.3 is 4.90 Å². The zero-order valence-corrected chi connectivity index (χ0v) is 17.4. The van der Waals surface area contributed by atoms with Gasteiger partial charge in [-0.05, 0) is 38.8 Å². The molecule has 0 N–H and O–H groups in total. The Kier molecular flexibility index (Phi) is 5.63. The topological polar surface area (TPSA) is 46.1 Å². The smallest absolute Gasteiger partial charge is 0.233 e. The Bertz CT molecular complexity index is 937. The van der Waals surface area contributed by atoms with Gasteiger partial charge in [-0.2, -0.15) is 0 Å². The Morgan fingerprint density at radius 2 is 1.88 bits per heavy atom. The molecule has 6 heteroatoms. The van der Waals surface area contributed by atoms with Gasteiger partial charge in [0, 0.05) is 17.3 Å². The van der Waals surface area contributed by atoms with E-state index in [-0.39, 0.29) is 11.9 Å². The molecule has 4 nitrogen and oxygen atoms in total. The number of amides is 1. The Morgan fingerprint density at radius 3 is 2.58 bits per heavy atom. The van der Waals surface area contributed by atoms with Crippen LogP contribution in [0.2, 0.25) is 0 Å². The molecular weight excluding hydrogens is 362 g/mol. The molecule has 2 heterocycles. The lowest BCUT2D eigenvalue weighted by Gasteiger charge is -2.25. The molecule has 0 radical (unpaired) electrons. The molecule has 0 aliphatic rings. The van der Waals surface area contributed by atoms with Crippen LogP contribution in [-0.4, -0.2) is 33.6 Å². The van der Waals surface area contributed by atoms with Crippen molar-refractivity contribution in [1.82, 2.24) is 14.9 Å². The molecule has 0 aliphatic carbocycles. The number of hydrogen-bond acceptors (Lipinski definition) is 5. The fraction of sp³-hybridized carbons (Fsp3) is 0.350. The van der Waals surface area contributed by atoms with Gasteiger partial charge in [-0.25, -0.2) is 9.97 Å². The molecule has 1 amide bonds. The number of thioether (sulfide) groups is 1. The lowest BCUT2D eigenvalue weighted by atomic mass is 10.1. The fourth-order valence-electron chi connectivity index (χ4n) is 2.82. The van der Waals surface area contributed by atoms with E-state index in [2.05, 4.69) is 42.9 Å². The molecule has 0 spiro atoms. The van der Waals surface area contributed by atoms with E-state index in [9.17, 15) is 4.79 Å². The number of aryl methyl sites for hydroxylation is 3. The molecule has 0 saturated heterocycles. The quantitative estimate of drug-likeness (QED) is 0.461. The Morgan fingerprint density at radius 1 is 1.19 bits per heavy atom. The lowest BCUT2D eigenvalue weighted by molar-refractivity contribution is -0.128. The van der Waals surface area contributed by atoms with E-state index in [1.165, 1.54) is 22.2 Å². The molecule has 0 bridgehead atoms. The SMILES string of the molecule is Cc1nc(SCC(=O)N(C)[C@@H](C)c2ccccc2)c2c(C)c(C)sc2n1. The molecule has 3 rings (SSSR count). The van der Waals surface area contributed by atoms with E-state index >= 15 is 0 Å². The van der Waals surface area contributed by atoms with Crippen molar-refractivity contribution in [2.24, 2.45) is 0 Å². The van der Waals surface area contributed by atoms with Gasteiger partial charge in [-0.15, -0.1) is 11.3 Å². The van der Waals surface area contributed by atoms with E-state index in [1.54, 1.807) is 16.2 Å². The van der Waals surface area contributed by atoms with Gasteiger partial charge in [-0.1, -0.05) is 42.1 Å². The predicted octanol–water partition coefficient (Wildman–Crippen LogP) is 4.93. The van der Waals surface area contributed by atoms with Crippen LogP contribution in [0.4, 0.5) is 0 Å². The number of aromatic nitrogens is 2. The number of rotatable bonds is 5. The first-order valence-electron chi connectivity index (χ1n) is 8.56. The highest BCUT2D eigenvalue weighted by Gasteiger charge is 2.19. The molecule has 26 heavy (non-hydrogen) atoms. The Hall–Kier alpha value is -1.92. The number of fused-ring (bicyclic) bond motifs is 1. The van der Waals surface area contributed by atoms with E-state index < -0.39 is 0 Å². The molecule has 3 aromatic rings. The second-order valence-electron chi connectivity index (χ2n) is 6.42. The predicted molar refractivity (Wildman–Crippen MR) is 110 cm³/mol. The zero-order valence-electron chi connectivity index (χ0n) is 15.7. The van der Waals surface area contributed by atoms with Crippen LogP contribution >= 0.6 is 23.1 Å². The molecular formula is C20H23N3OS2. The largest absolute Gasteiger partial charge is 0.338 e. The van der Waals surface area contributed by atoms with Crippen molar-refractivity contribution in [2.45, 2.75) is 38.8 Å². The number of carbonyl (C=O) groups is 1. The van der Waals surface area contributed by atoms with Crippen LogP contribution in [0.3, 0.4) is 0 Å². The van der Waals surface area contributed by atoms with E-state index in [0.717, 1.165) is 26.6 Å². The van der Waals surface area contributed by atoms with Crippen molar-refractivity contribution in [3.05, 3.63) is 52.2 Å². The van der Waals surface area contributed by atoms with Crippen LogP contribution in [0.1, 0.15) is 34.8 Å². The van der Waals surface area contributed by atoms with Crippen LogP contribution in [0.5, 0.6) is 0 Å². The van der Waals surface area contributed by atoms with Crippen LogP contribution in [0.25, 0.3) is 10.2 Å². The standard InChI is InChI=1S/C20H23N3OS2/c1-12-14(3)26-20-18(12)19(21-15(4)22-20)25-11-17(24)23(5)13(2)16-9-7-6-8-10-16/h6-10,13H,11H2,1-5H3/t13-/m0/s1. The second kappa shape index (κ2) is 7.76. The summed E-state index contributed by atoms with van der Waals surface area (Å²) in [7, 11) is 1.86. The summed E-state index contributed by atoms with van der Waals surface area (Å²) in [5, 5.41) is 2.00. The first kappa shape index (κ1) is 18.9. The third-order valence-corrected chi connectivity index (χ3v) is 6.76. The maximum Gasteiger partial charge on any atom is 0.233 e. The number of thiophene rings is 1. The zero-order chi connectivity index (χ0) is 18.8. The fourth-order valence-corrected chi connectivity index (χ4v) is 5.02. The van der Waals surface area contributed by atoms with Gasteiger partial charge >= 0.3 is 0 Å². The summed E-state index contributed by atoms with van der Waals surface area (Å²) in [5.41, 5.74) is 2.35. The minimum absolute atomic E-state index is 0.0431. The normalized spacial score (nSPS) is 12.3. The average Bonchev–Trinajstić information content (AvgIpc) is 2.92. The summed E-state index contributed by atoms with van der Waals surface area (Å²) in [4.78, 5) is 25.9. The third-order valence-electron chi connectivity index (χ3n) is 4.70. The van der Waals surface area contributed by atoms with Gasteiger partial charge in [0.2, 0.25) is 5.91 Å². The van der Waals surface area contributed by atoms with Crippen molar-refractivity contribution >= 4 is 39.2 Å². The van der Waals surface area contributed by atoms with Crippen molar-refractivity contribution in [1.29, 1.82) is 0 Å². The third kappa shape index (κ3) is 3.76. The number of nitrogens with zero attached hydrogens (tertiary/aromatic N) is 3. The number of carbonyl (C=O) groups excluding carboxylic acids is 1. The minimum Gasteiger partial charge on any atom is -0.338 e. The maximum atomic E-state index is 12.7. The van der Waals surface area contributed by atoms with Gasteiger partial charge in [0.15, 0.2) is 0 Å². The summed E-state index contributed by atoms with van der Waals surface area (Å²) in [5.74, 6) is 1.22. The van der Waals surface area contributed by atoms with Crippen LogP contribution in [-0.2, 0) is 4.79 Å². The Balaban J connectivity index is 1.76. The van der Waals surface area contributed by atoms with Crippen LogP contribution in [0, 0.1) is 20.8 Å². The highest BCUT2D eigenvalue weighted by atomic mass is 32.2. The minimum atomic E-state index is 0.0431. The number of hydrogen-bond donors (Lipinski definition) is 0. The molecule has 0 aliphatic heterocycles. The average molecular weight is 386 g/mol. The van der Waals surface area contributed by atoms with E-state index in [1.807, 2.05) is 32.2 Å². The maximum absolute atomic E-state index is 12.7. The summed E-state index contributed by atoms with van der Waals surface area (Å²) < 4.78 is 0. The van der Waals surface area contributed by atoms with Gasteiger partial charge in [-0.3, -0.25) is 4.79 Å². The molecule has 1 aromatic carbocycles. The first-order valence-corrected chi connectivity index (χ1v) is 10.4. The number of benzene rings is 1. The second-order valence-corrected chi connectivity index (χ2v) is 8.59. The molecule has 1 atom stereocenters. The molecule has 2 aromatic heterocycles. The highest BCUT2D eigenvalue weighted by molar-refractivity contribution is 8.00. The van der Waals surface area contributed by atoms with Gasteiger partial charge in [0.25, 0.3) is 0 Å². The molecule has 0 fully saturated rings. The van der Waals surface area contributed by atoms with Crippen molar-refractivity contribution in [2.75, 3.05) is 12.8 Å². The monoisotopic (exact) mass is 385 g/mol. The summed E-state index contributed by atoms with van der Waals surface area (Å²) in [6.07, 6.45) is 0.